The van der Waals surface area contributed by atoms with Gasteiger partial charge in [-0.3, -0.25) is 9.59 Å². The normalized spacial score (nSPS) is 16.0. The first-order chi connectivity index (χ1) is 19.2. The lowest BCUT2D eigenvalue weighted by atomic mass is 9.87. The number of carbonyl (C=O) groups excluding carboxylic acids is 3. The lowest BCUT2D eigenvalue weighted by molar-refractivity contribution is -0.216. The molecule has 3 aromatic rings. The minimum Gasteiger partial charge on any atom is -0.448 e. The number of amides is 2. The van der Waals surface area contributed by atoms with Crippen molar-refractivity contribution in [1.82, 2.24) is 10.3 Å². The van der Waals surface area contributed by atoms with Crippen LogP contribution in [0.15, 0.2) is 84.9 Å². The molecule has 3 aromatic carbocycles. The molecular formula is C30H34N4O6. The molecule has 0 radical (unpaired) electrons. The van der Waals surface area contributed by atoms with Gasteiger partial charge in [-0.05, 0) is 48.4 Å². The van der Waals surface area contributed by atoms with E-state index in [9.17, 15) is 24.6 Å². The van der Waals surface area contributed by atoms with Gasteiger partial charge in [0.25, 0.3) is 5.91 Å². The average molecular weight is 547 g/mol. The van der Waals surface area contributed by atoms with Crippen LogP contribution in [0.2, 0.25) is 0 Å². The summed E-state index contributed by atoms with van der Waals surface area (Å²) in [7, 11) is 0. The molecule has 0 fully saturated rings. The third-order valence-electron chi connectivity index (χ3n) is 7.08. The highest BCUT2D eigenvalue weighted by Gasteiger charge is 2.51. The Morgan fingerprint density at radius 3 is 2.20 bits per heavy atom. The standard InChI is InChI=1S/C30H34N4O6/c31-27(26(35)25-22-16-7-8-17-23(22)28(36)33-25)30(38,39)24(19-21-14-5-2-6-15-21)34(32)29(37)40-18-10-9-13-20-11-3-1-4-12-20/h1-8,11-12,14-17,24-25,27,38-39H,9-10,13,18-19,31-32H2,(H,33,36). The molecule has 0 saturated carbocycles. The van der Waals surface area contributed by atoms with E-state index in [1.54, 1.807) is 54.6 Å². The number of Topliss-reactive ketones (excluding diaryl/α,β-unsaturated/α-hetero) is 1. The van der Waals surface area contributed by atoms with E-state index in [0.717, 1.165) is 12.8 Å². The number of hydrogen-bond acceptors (Lipinski definition) is 8. The van der Waals surface area contributed by atoms with E-state index >= 15 is 0 Å². The first-order valence-corrected chi connectivity index (χ1v) is 13.1. The maximum atomic E-state index is 13.4. The van der Waals surface area contributed by atoms with Gasteiger partial charge >= 0.3 is 6.09 Å². The summed E-state index contributed by atoms with van der Waals surface area (Å²) in [6.07, 6.45) is 1.03. The van der Waals surface area contributed by atoms with Crippen LogP contribution < -0.4 is 16.9 Å². The summed E-state index contributed by atoms with van der Waals surface area (Å²) >= 11 is 0. The second kappa shape index (κ2) is 12.8. The van der Waals surface area contributed by atoms with E-state index < -0.39 is 41.7 Å². The number of carbonyl (C=O) groups is 3. The predicted molar refractivity (Wildman–Crippen MR) is 147 cm³/mol. The van der Waals surface area contributed by atoms with Crippen molar-refractivity contribution >= 4 is 17.8 Å². The molecule has 2 amide bonds. The number of aryl methyl sites for hydroxylation is 1. The van der Waals surface area contributed by atoms with Gasteiger partial charge in [0.15, 0.2) is 5.78 Å². The van der Waals surface area contributed by atoms with E-state index in [-0.39, 0.29) is 13.0 Å². The largest absolute Gasteiger partial charge is 0.448 e. The Hall–Kier alpha value is -4.09. The van der Waals surface area contributed by atoms with Crippen LogP contribution in [0, 0.1) is 0 Å². The Morgan fingerprint density at radius 1 is 0.925 bits per heavy atom. The third kappa shape index (κ3) is 6.54. The molecular weight excluding hydrogens is 512 g/mol. The van der Waals surface area contributed by atoms with Gasteiger partial charge in [-0.15, -0.1) is 0 Å². The molecule has 4 rings (SSSR count). The summed E-state index contributed by atoms with van der Waals surface area (Å²) in [6, 6.07) is 20.4. The zero-order chi connectivity index (χ0) is 28.7. The topological polar surface area (TPSA) is 168 Å². The van der Waals surface area contributed by atoms with Gasteiger partial charge in [0.2, 0.25) is 5.79 Å². The fraction of sp³-hybridized carbons (Fsp3) is 0.300. The van der Waals surface area contributed by atoms with Crippen LogP contribution in [-0.2, 0) is 22.4 Å². The Kier molecular flexibility index (Phi) is 9.28. The van der Waals surface area contributed by atoms with Crippen molar-refractivity contribution in [3.05, 3.63) is 107 Å². The molecule has 1 aliphatic rings. The van der Waals surface area contributed by atoms with Gasteiger partial charge in [-0.25, -0.2) is 15.6 Å². The fourth-order valence-electron chi connectivity index (χ4n) is 4.79. The molecule has 10 heteroatoms. The minimum absolute atomic E-state index is 0.0666. The van der Waals surface area contributed by atoms with Crippen LogP contribution in [0.5, 0.6) is 0 Å². The molecule has 40 heavy (non-hydrogen) atoms. The van der Waals surface area contributed by atoms with E-state index in [2.05, 4.69) is 5.32 Å². The van der Waals surface area contributed by atoms with Crippen LogP contribution in [0.4, 0.5) is 4.79 Å². The second-order valence-corrected chi connectivity index (χ2v) is 9.83. The van der Waals surface area contributed by atoms with Crippen molar-refractivity contribution in [2.24, 2.45) is 11.6 Å². The summed E-state index contributed by atoms with van der Waals surface area (Å²) in [4.78, 5) is 38.6. The number of benzene rings is 3. The highest BCUT2D eigenvalue weighted by Crippen LogP contribution is 2.30. The summed E-state index contributed by atoms with van der Waals surface area (Å²) in [6.45, 7) is 0.0666. The minimum atomic E-state index is -2.98. The molecule has 7 N–H and O–H groups in total. The van der Waals surface area contributed by atoms with E-state index in [0.29, 0.717) is 28.1 Å². The number of nitrogens with two attached hydrogens (primary N) is 2. The summed E-state index contributed by atoms with van der Waals surface area (Å²) < 4.78 is 5.31. The Balaban J connectivity index is 1.46. The van der Waals surface area contributed by atoms with Gasteiger partial charge in [-0.2, -0.15) is 0 Å². The molecule has 0 saturated heterocycles. The van der Waals surface area contributed by atoms with Gasteiger partial charge < -0.3 is 26.0 Å². The SMILES string of the molecule is NC(C(=O)C1NC(=O)c2ccccc21)C(O)(O)C(Cc1ccccc1)N(N)C(=O)OCCCCc1ccccc1. The number of rotatable bonds is 12. The maximum absolute atomic E-state index is 13.4. The number of ether oxygens (including phenoxy) is 1. The van der Waals surface area contributed by atoms with Gasteiger partial charge in [-0.1, -0.05) is 78.9 Å². The Labute approximate surface area is 232 Å². The number of hydrogen-bond donors (Lipinski definition) is 5. The number of unbranched alkanes of at least 4 members (excludes halogenated alkanes) is 1. The first-order valence-electron chi connectivity index (χ1n) is 13.1. The Morgan fingerprint density at radius 2 is 1.52 bits per heavy atom. The number of fused-ring (bicyclic) bond motifs is 1. The molecule has 3 atom stereocenters. The lowest BCUT2D eigenvalue weighted by Gasteiger charge is -2.39. The van der Waals surface area contributed by atoms with Crippen LogP contribution in [0.3, 0.4) is 0 Å². The quantitative estimate of drug-likeness (QED) is 0.0756. The molecule has 1 heterocycles. The molecule has 0 aromatic heterocycles. The second-order valence-electron chi connectivity index (χ2n) is 9.83. The maximum Gasteiger partial charge on any atom is 0.424 e. The van der Waals surface area contributed by atoms with Gasteiger partial charge in [0, 0.05) is 5.56 Å². The summed E-state index contributed by atoms with van der Waals surface area (Å²) in [5.41, 5.74) is 8.59. The van der Waals surface area contributed by atoms with Gasteiger partial charge in [0.05, 0.1) is 6.61 Å². The van der Waals surface area contributed by atoms with Crippen LogP contribution in [0.1, 0.15) is 45.9 Å². The number of nitrogens with one attached hydrogen (secondary N) is 1. The van der Waals surface area contributed by atoms with E-state index in [1.165, 1.54) is 5.56 Å². The summed E-state index contributed by atoms with van der Waals surface area (Å²) in [5.74, 6) is 1.80. The molecule has 210 valence electrons. The molecule has 0 spiro atoms. The van der Waals surface area contributed by atoms with Crippen molar-refractivity contribution in [3.63, 3.8) is 0 Å². The zero-order valence-corrected chi connectivity index (χ0v) is 22.0. The number of aliphatic hydroxyl groups is 2. The zero-order valence-electron chi connectivity index (χ0n) is 22.0. The molecule has 0 bridgehead atoms. The monoisotopic (exact) mass is 546 g/mol. The molecule has 0 aliphatic carbocycles. The number of hydrazine groups is 1. The van der Waals surface area contributed by atoms with Crippen LogP contribution in [0.25, 0.3) is 0 Å². The molecule has 3 unspecified atom stereocenters. The lowest BCUT2D eigenvalue weighted by Crippen LogP contribution is -2.68. The number of nitrogens with zero attached hydrogens (tertiary/aromatic N) is 1. The van der Waals surface area contributed by atoms with Crippen molar-refractivity contribution in [1.29, 1.82) is 0 Å². The molecule has 1 aliphatic heterocycles. The van der Waals surface area contributed by atoms with Crippen molar-refractivity contribution in [3.8, 4) is 0 Å². The first kappa shape index (κ1) is 28.9. The predicted octanol–water partition coefficient (Wildman–Crippen LogP) is 1.99. The Bertz CT molecular complexity index is 1320. The van der Waals surface area contributed by atoms with Crippen LogP contribution >= 0.6 is 0 Å². The summed E-state index contributed by atoms with van der Waals surface area (Å²) in [5, 5.41) is 25.6. The number of ketones is 1. The highest BCUT2D eigenvalue weighted by atomic mass is 16.6. The third-order valence-corrected chi connectivity index (χ3v) is 7.08. The van der Waals surface area contributed by atoms with Crippen LogP contribution in [-0.4, -0.2) is 57.5 Å². The van der Waals surface area contributed by atoms with Gasteiger partial charge in [0.1, 0.15) is 18.1 Å². The molecule has 10 nitrogen and oxygen atoms in total. The average Bonchev–Trinajstić information content (AvgIpc) is 3.31. The van der Waals surface area contributed by atoms with Crippen molar-refractivity contribution < 1.29 is 29.3 Å². The van der Waals surface area contributed by atoms with E-state index in [4.69, 9.17) is 16.3 Å². The van der Waals surface area contributed by atoms with Crippen molar-refractivity contribution in [2.45, 2.75) is 49.6 Å². The smallest absolute Gasteiger partial charge is 0.424 e. The fourth-order valence-corrected chi connectivity index (χ4v) is 4.79. The highest BCUT2D eigenvalue weighted by molar-refractivity contribution is 6.06. The van der Waals surface area contributed by atoms with Crippen molar-refractivity contribution in [2.75, 3.05) is 6.61 Å². The van der Waals surface area contributed by atoms with E-state index in [1.807, 2.05) is 30.3 Å².